The van der Waals surface area contributed by atoms with Gasteiger partial charge in [0.1, 0.15) is 0 Å². The van der Waals surface area contributed by atoms with Crippen LogP contribution < -0.4 is 4.90 Å². The molecule has 165 valence electrons. The number of unbranched alkanes of at least 4 members (excludes halogenated alkanes) is 1. The molecule has 0 amide bonds. The molecule has 1 aromatic carbocycles. The largest absolute Gasteiger partial charge is 0.354 e. The predicted molar refractivity (Wildman–Crippen MR) is 129 cm³/mol. The Labute approximate surface area is 190 Å². The molecule has 1 fully saturated rings. The maximum absolute atomic E-state index is 6.21. The molecular formula is C25H33ClN5. The molecule has 0 spiro atoms. The van der Waals surface area contributed by atoms with Crippen LogP contribution in [0.4, 0.5) is 5.82 Å². The molecule has 1 unspecified atom stereocenters. The Hall–Kier alpha value is -2.14. The van der Waals surface area contributed by atoms with Crippen molar-refractivity contribution in [2.45, 2.75) is 58.3 Å². The zero-order valence-corrected chi connectivity index (χ0v) is 19.9. The molecule has 3 heterocycles. The summed E-state index contributed by atoms with van der Waals surface area (Å²) in [4.78, 5) is 15.7. The molecule has 31 heavy (non-hydrogen) atoms. The first-order chi connectivity index (χ1) is 14.8. The van der Waals surface area contributed by atoms with Gasteiger partial charge in [0.15, 0.2) is 17.0 Å². The van der Waals surface area contributed by atoms with Gasteiger partial charge in [0.05, 0.1) is 6.33 Å². The molecule has 4 rings (SSSR count). The highest BCUT2D eigenvalue weighted by molar-refractivity contribution is 6.28. The number of hydrogen-bond acceptors (Lipinski definition) is 4. The number of benzene rings is 1. The third kappa shape index (κ3) is 5.20. The Bertz CT molecular complexity index is 1020. The molecule has 1 aliphatic rings. The smallest absolute Gasteiger partial charge is 0.226 e. The number of rotatable bonds is 6. The van der Waals surface area contributed by atoms with Crippen LogP contribution in [0.3, 0.4) is 0 Å². The number of anilines is 1. The first-order valence-corrected chi connectivity index (χ1v) is 11.7. The summed E-state index contributed by atoms with van der Waals surface area (Å²) in [6.45, 7) is 8.78. The quantitative estimate of drug-likeness (QED) is 0.362. The van der Waals surface area contributed by atoms with Gasteiger partial charge in [-0.05, 0) is 72.6 Å². The maximum atomic E-state index is 6.21. The van der Waals surface area contributed by atoms with E-state index in [1.165, 1.54) is 24.0 Å². The minimum absolute atomic E-state index is 0.215. The van der Waals surface area contributed by atoms with Crippen LogP contribution >= 0.6 is 11.6 Å². The maximum Gasteiger partial charge on any atom is 0.226 e. The average Bonchev–Trinajstić information content (AvgIpc) is 3.11. The zero-order chi connectivity index (χ0) is 22.0. The van der Waals surface area contributed by atoms with Crippen molar-refractivity contribution >= 4 is 28.6 Å². The van der Waals surface area contributed by atoms with Gasteiger partial charge in [-0.15, -0.1) is 0 Å². The summed E-state index contributed by atoms with van der Waals surface area (Å²) >= 11 is 6.21. The fourth-order valence-corrected chi connectivity index (χ4v) is 4.59. The Morgan fingerprint density at radius 3 is 2.68 bits per heavy atom. The van der Waals surface area contributed by atoms with Crippen LogP contribution in [0.1, 0.15) is 57.6 Å². The van der Waals surface area contributed by atoms with E-state index in [0.717, 1.165) is 49.3 Å². The summed E-state index contributed by atoms with van der Waals surface area (Å²) < 4.78 is 1.90. The van der Waals surface area contributed by atoms with Gasteiger partial charge in [-0.25, -0.2) is 4.98 Å². The van der Waals surface area contributed by atoms with E-state index >= 15 is 0 Å². The van der Waals surface area contributed by atoms with Crippen molar-refractivity contribution in [1.82, 2.24) is 19.5 Å². The fraction of sp³-hybridized carbons (Fsp3) is 0.520. The lowest BCUT2D eigenvalue weighted by molar-refractivity contribution is 0.405. The second-order valence-electron chi connectivity index (χ2n) is 9.81. The van der Waals surface area contributed by atoms with Gasteiger partial charge in [0.2, 0.25) is 5.28 Å². The van der Waals surface area contributed by atoms with Crippen molar-refractivity contribution in [1.29, 1.82) is 0 Å². The average molecular weight is 439 g/mol. The SMILES string of the molecule is Cn1cnc2c(N3CCCC(C[CH]CCc4ccc(C(C)(C)C)cc4)C3)nc(Cl)nc21. The van der Waals surface area contributed by atoms with Gasteiger partial charge in [0, 0.05) is 20.1 Å². The van der Waals surface area contributed by atoms with Crippen LogP contribution in [0.5, 0.6) is 0 Å². The third-order valence-corrected chi connectivity index (χ3v) is 6.46. The van der Waals surface area contributed by atoms with E-state index < -0.39 is 0 Å². The van der Waals surface area contributed by atoms with Crippen molar-refractivity contribution < 1.29 is 0 Å². The minimum atomic E-state index is 0.215. The molecule has 3 aromatic rings. The molecule has 1 radical (unpaired) electrons. The summed E-state index contributed by atoms with van der Waals surface area (Å²) in [5.41, 5.74) is 4.67. The molecule has 5 nitrogen and oxygen atoms in total. The summed E-state index contributed by atoms with van der Waals surface area (Å²) in [5, 5.41) is 0.289. The number of hydrogen-bond donors (Lipinski definition) is 0. The number of halogens is 1. The fourth-order valence-electron chi connectivity index (χ4n) is 4.43. The van der Waals surface area contributed by atoms with Crippen LogP contribution in [0.15, 0.2) is 30.6 Å². The molecule has 2 aromatic heterocycles. The molecule has 0 N–H and O–H groups in total. The second kappa shape index (κ2) is 9.15. The van der Waals surface area contributed by atoms with Crippen molar-refractivity contribution in [2.24, 2.45) is 13.0 Å². The minimum Gasteiger partial charge on any atom is -0.354 e. The topological polar surface area (TPSA) is 46.8 Å². The lowest BCUT2D eigenvalue weighted by Gasteiger charge is -2.33. The van der Waals surface area contributed by atoms with Gasteiger partial charge >= 0.3 is 0 Å². The van der Waals surface area contributed by atoms with E-state index in [4.69, 9.17) is 11.6 Å². The summed E-state index contributed by atoms with van der Waals surface area (Å²) in [6.07, 6.45) is 10.0. The van der Waals surface area contributed by atoms with Gasteiger partial charge in [-0.2, -0.15) is 9.97 Å². The highest BCUT2D eigenvalue weighted by Crippen LogP contribution is 2.30. The van der Waals surface area contributed by atoms with E-state index in [1.807, 2.05) is 11.6 Å². The highest BCUT2D eigenvalue weighted by atomic mass is 35.5. The van der Waals surface area contributed by atoms with E-state index in [1.54, 1.807) is 6.33 Å². The molecule has 1 saturated heterocycles. The predicted octanol–water partition coefficient (Wildman–Crippen LogP) is 5.76. The van der Waals surface area contributed by atoms with Gasteiger partial charge in [-0.1, -0.05) is 45.0 Å². The van der Waals surface area contributed by atoms with Gasteiger partial charge < -0.3 is 9.47 Å². The van der Waals surface area contributed by atoms with E-state index in [0.29, 0.717) is 5.92 Å². The first kappa shape index (κ1) is 22.1. The Balaban J connectivity index is 1.31. The summed E-state index contributed by atoms with van der Waals surface area (Å²) in [7, 11) is 1.94. The summed E-state index contributed by atoms with van der Waals surface area (Å²) in [5.74, 6) is 1.52. The van der Waals surface area contributed by atoms with Crippen molar-refractivity contribution in [3.63, 3.8) is 0 Å². The van der Waals surface area contributed by atoms with Crippen molar-refractivity contribution in [2.75, 3.05) is 18.0 Å². The number of aryl methyl sites for hydroxylation is 2. The van der Waals surface area contributed by atoms with E-state index in [-0.39, 0.29) is 10.7 Å². The van der Waals surface area contributed by atoms with E-state index in [9.17, 15) is 0 Å². The number of nitrogens with zero attached hydrogens (tertiary/aromatic N) is 5. The number of fused-ring (bicyclic) bond motifs is 1. The molecular weight excluding hydrogens is 406 g/mol. The molecule has 6 heteroatoms. The van der Waals surface area contributed by atoms with Crippen molar-refractivity contribution in [3.8, 4) is 0 Å². The number of piperidine rings is 1. The normalized spacial score (nSPS) is 17.5. The van der Waals surface area contributed by atoms with E-state index in [2.05, 4.69) is 71.3 Å². The molecule has 1 atom stereocenters. The Morgan fingerprint density at radius 2 is 1.94 bits per heavy atom. The third-order valence-electron chi connectivity index (χ3n) is 6.29. The van der Waals surface area contributed by atoms with Crippen LogP contribution in [-0.4, -0.2) is 32.6 Å². The van der Waals surface area contributed by atoms with Gasteiger partial charge in [0.25, 0.3) is 0 Å². The van der Waals surface area contributed by atoms with Crippen molar-refractivity contribution in [3.05, 3.63) is 53.4 Å². The van der Waals surface area contributed by atoms with Crippen LogP contribution in [0.25, 0.3) is 11.2 Å². The lowest BCUT2D eigenvalue weighted by atomic mass is 9.86. The second-order valence-corrected chi connectivity index (χ2v) is 10.1. The zero-order valence-electron chi connectivity index (χ0n) is 19.1. The molecule has 0 aliphatic carbocycles. The molecule has 0 saturated carbocycles. The number of imidazole rings is 1. The Morgan fingerprint density at radius 1 is 1.16 bits per heavy atom. The first-order valence-electron chi connectivity index (χ1n) is 11.3. The van der Waals surface area contributed by atoms with Crippen LogP contribution in [0.2, 0.25) is 5.28 Å². The summed E-state index contributed by atoms with van der Waals surface area (Å²) in [6, 6.07) is 9.13. The standard InChI is InChI=1S/C25H33ClN5/c1-25(2,3)20-13-11-18(12-14-20)8-5-6-9-19-10-7-15-31(16-19)23-21-22(28-24(26)29-23)30(4)17-27-21/h6,11-14,17,19H,5,7-10,15-16H2,1-4H3. The number of aromatic nitrogens is 4. The van der Waals surface area contributed by atoms with Crippen LogP contribution in [-0.2, 0) is 18.9 Å². The van der Waals surface area contributed by atoms with Crippen LogP contribution in [0, 0.1) is 12.3 Å². The lowest BCUT2D eigenvalue weighted by Crippen LogP contribution is -2.36. The molecule has 1 aliphatic heterocycles. The van der Waals surface area contributed by atoms with Gasteiger partial charge in [-0.3, -0.25) is 0 Å². The molecule has 0 bridgehead atoms. The highest BCUT2D eigenvalue weighted by Gasteiger charge is 2.24. The monoisotopic (exact) mass is 438 g/mol. The Kier molecular flexibility index (Phi) is 6.52.